The van der Waals surface area contributed by atoms with Crippen LogP contribution in [0, 0.1) is 0 Å². The van der Waals surface area contributed by atoms with Crippen molar-refractivity contribution >= 4 is 10.0 Å². The number of unbranched alkanes of at least 4 members (excludes halogenated alkanes) is 1. The SMILES string of the molecule is CCCCOCCNS(=O)(=O)CCNC(C)C. The predicted molar refractivity (Wildman–Crippen MR) is 70.7 cm³/mol. The fourth-order valence-corrected chi connectivity index (χ4v) is 2.10. The van der Waals surface area contributed by atoms with Gasteiger partial charge in [-0.1, -0.05) is 27.2 Å². The van der Waals surface area contributed by atoms with E-state index < -0.39 is 10.0 Å². The fraction of sp³-hybridized carbons (Fsp3) is 1.00. The molecule has 0 radical (unpaired) electrons. The van der Waals surface area contributed by atoms with Gasteiger partial charge in [-0.2, -0.15) is 0 Å². The molecule has 0 aliphatic carbocycles. The van der Waals surface area contributed by atoms with Gasteiger partial charge in [0.15, 0.2) is 0 Å². The van der Waals surface area contributed by atoms with E-state index in [4.69, 9.17) is 4.74 Å². The van der Waals surface area contributed by atoms with Gasteiger partial charge >= 0.3 is 0 Å². The van der Waals surface area contributed by atoms with Crippen LogP contribution < -0.4 is 10.0 Å². The van der Waals surface area contributed by atoms with Crippen LogP contribution in [0.5, 0.6) is 0 Å². The van der Waals surface area contributed by atoms with Crippen molar-refractivity contribution in [3.63, 3.8) is 0 Å². The molecule has 0 aliphatic rings. The fourth-order valence-electron chi connectivity index (χ4n) is 1.17. The van der Waals surface area contributed by atoms with Crippen molar-refractivity contribution < 1.29 is 13.2 Å². The first kappa shape index (κ1) is 16.8. The molecular formula is C11H26N2O3S. The Morgan fingerprint density at radius 3 is 2.47 bits per heavy atom. The van der Waals surface area contributed by atoms with Crippen LogP contribution >= 0.6 is 0 Å². The molecule has 0 saturated carbocycles. The summed E-state index contributed by atoms with van der Waals surface area (Å²) in [5, 5.41) is 3.07. The second-order valence-electron chi connectivity index (χ2n) is 4.29. The van der Waals surface area contributed by atoms with E-state index in [1.165, 1.54) is 0 Å². The zero-order valence-electron chi connectivity index (χ0n) is 11.2. The Balaban J connectivity index is 3.51. The van der Waals surface area contributed by atoms with Crippen LogP contribution in [0.15, 0.2) is 0 Å². The normalized spacial score (nSPS) is 12.2. The molecular weight excluding hydrogens is 240 g/mol. The largest absolute Gasteiger partial charge is 0.380 e. The highest BCUT2D eigenvalue weighted by Gasteiger charge is 2.08. The molecule has 0 rings (SSSR count). The highest BCUT2D eigenvalue weighted by atomic mass is 32.2. The smallest absolute Gasteiger partial charge is 0.212 e. The third-order valence-electron chi connectivity index (χ3n) is 2.13. The highest BCUT2D eigenvalue weighted by Crippen LogP contribution is 1.88. The molecule has 0 spiro atoms. The minimum atomic E-state index is -3.16. The van der Waals surface area contributed by atoms with Gasteiger partial charge in [0.05, 0.1) is 12.4 Å². The molecule has 5 nitrogen and oxygen atoms in total. The zero-order valence-corrected chi connectivity index (χ0v) is 12.0. The van der Waals surface area contributed by atoms with E-state index in [1.54, 1.807) is 0 Å². The predicted octanol–water partition coefficient (Wildman–Crippen LogP) is 0.721. The summed E-state index contributed by atoms with van der Waals surface area (Å²) in [6.07, 6.45) is 2.11. The second kappa shape index (κ2) is 9.82. The first-order chi connectivity index (χ1) is 7.98. The average molecular weight is 266 g/mol. The van der Waals surface area contributed by atoms with Crippen LogP contribution in [-0.4, -0.2) is 46.5 Å². The lowest BCUT2D eigenvalue weighted by Gasteiger charge is -2.09. The third kappa shape index (κ3) is 12.1. The Kier molecular flexibility index (Phi) is 9.72. The molecule has 104 valence electrons. The van der Waals surface area contributed by atoms with Gasteiger partial charge in [-0.25, -0.2) is 13.1 Å². The number of nitrogens with one attached hydrogen (secondary N) is 2. The highest BCUT2D eigenvalue weighted by molar-refractivity contribution is 7.89. The Bertz CT molecular complexity index is 266. The van der Waals surface area contributed by atoms with E-state index in [9.17, 15) is 8.42 Å². The molecule has 0 saturated heterocycles. The summed E-state index contributed by atoms with van der Waals surface area (Å²) >= 11 is 0. The van der Waals surface area contributed by atoms with Crippen molar-refractivity contribution in [2.45, 2.75) is 39.7 Å². The van der Waals surface area contributed by atoms with Crippen LogP contribution in [0.2, 0.25) is 0 Å². The number of ether oxygens (including phenoxy) is 1. The number of rotatable bonds is 11. The summed E-state index contributed by atoms with van der Waals surface area (Å²) in [6.45, 7) is 8.04. The van der Waals surface area contributed by atoms with Crippen molar-refractivity contribution in [2.75, 3.05) is 32.1 Å². The lowest BCUT2D eigenvalue weighted by atomic mass is 10.4. The quantitative estimate of drug-likeness (QED) is 0.541. The molecule has 0 bridgehead atoms. The van der Waals surface area contributed by atoms with Gasteiger partial charge in [0.25, 0.3) is 0 Å². The van der Waals surface area contributed by atoms with Gasteiger partial charge in [-0.15, -0.1) is 0 Å². The minimum Gasteiger partial charge on any atom is -0.380 e. The first-order valence-corrected chi connectivity index (χ1v) is 7.91. The molecule has 0 amide bonds. The van der Waals surface area contributed by atoms with Gasteiger partial charge < -0.3 is 10.1 Å². The maximum atomic E-state index is 11.5. The monoisotopic (exact) mass is 266 g/mol. The summed E-state index contributed by atoms with van der Waals surface area (Å²) in [7, 11) is -3.16. The van der Waals surface area contributed by atoms with Crippen molar-refractivity contribution in [1.82, 2.24) is 10.0 Å². The van der Waals surface area contributed by atoms with E-state index in [2.05, 4.69) is 17.0 Å². The molecule has 0 unspecified atom stereocenters. The molecule has 6 heteroatoms. The second-order valence-corrected chi connectivity index (χ2v) is 6.21. The van der Waals surface area contributed by atoms with Gasteiger partial charge in [-0.05, 0) is 6.42 Å². The molecule has 0 fully saturated rings. The number of hydrogen-bond donors (Lipinski definition) is 2. The first-order valence-electron chi connectivity index (χ1n) is 6.26. The minimum absolute atomic E-state index is 0.111. The summed E-state index contributed by atoms with van der Waals surface area (Å²) < 4.78 is 30.8. The van der Waals surface area contributed by atoms with Crippen molar-refractivity contribution in [2.24, 2.45) is 0 Å². The number of hydrogen-bond acceptors (Lipinski definition) is 4. The molecule has 0 aromatic carbocycles. The average Bonchev–Trinajstić information content (AvgIpc) is 2.22. The molecule has 0 aromatic heterocycles. The Hall–Kier alpha value is -0.170. The van der Waals surface area contributed by atoms with E-state index >= 15 is 0 Å². The molecule has 17 heavy (non-hydrogen) atoms. The molecule has 0 atom stereocenters. The molecule has 0 heterocycles. The lowest BCUT2D eigenvalue weighted by Crippen LogP contribution is -2.35. The van der Waals surface area contributed by atoms with E-state index in [-0.39, 0.29) is 5.75 Å². The summed E-state index contributed by atoms with van der Waals surface area (Å²) in [5.41, 5.74) is 0. The summed E-state index contributed by atoms with van der Waals surface area (Å²) in [6, 6.07) is 0.308. The number of sulfonamides is 1. The van der Waals surface area contributed by atoms with Crippen LogP contribution in [0.3, 0.4) is 0 Å². The Morgan fingerprint density at radius 2 is 1.88 bits per heavy atom. The topological polar surface area (TPSA) is 67.4 Å². The lowest BCUT2D eigenvalue weighted by molar-refractivity contribution is 0.136. The standard InChI is InChI=1S/C11H26N2O3S/c1-4-5-8-16-9-6-13-17(14,15)10-7-12-11(2)3/h11-13H,4-10H2,1-3H3. The summed E-state index contributed by atoms with van der Waals surface area (Å²) in [4.78, 5) is 0. The van der Waals surface area contributed by atoms with Gasteiger partial charge in [-0.3, -0.25) is 0 Å². The van der Waals surface area contributed by atoms with Gasteiger partial charge in [0, 0.05) is 25.7 Å². The van der Waals surface area contributed by atoms with Crippen LogP contribution in [0.4, 0.5) is 0 Å². The maximum Gasteiger partial charge on any atom is 0.212 e. The van der Waals surface area contributed by atoms with Gasteiger partial charge in [0.2, 0.25) is 10.0 Å². The van der Waals surface area contributed by atoms with Crippen LogP contribution in [0.1, 0.15) is 33.6 Å². The van der Waals surface area contributed by atoms with Crippen molar-refractivity contribution in [3.05, 3.63) is 0 Å². The van der Waals surface area contributed by atoms with E-state index in [1.807, 2.05) is 13.8 Å². The Labute approximate surface area is 105 Å². The third-order valence-corrected chi connectivity index (χ3v) is 3.52. The van der Waals surface area contributed by atoms with Gasteiger partial charge in [0.1, 0.15) is 0 Å². The summed E-state index contributed by atoms with van der Waals surface area (Å²) in [5.74, 6) is 0.111. The van der Waals surface area contributed by atoms with Crippen molar-refractivity contribution in [3.8, 4) is 0 Å². The van der Waals surface area contributed by atoms with E-state index in [0.717, 1.165) is 12.8 Å². The Morgan fingerprint density at radius 1 is 1.18 bits per heavy atom. The molecule has 0 aliphatic heterocycles. The zero-order chi connectivity index (χ0) is 13.1. The molecule has 0 aromatic rings. The van der Waals surface area contributed by atoms with Crippen LogP contribution in [-0.2, 0) is 14.8 Å². The molecule has 2 N–H and O–H groups in total. The van der Waals surface area contributed by atoms with Crippen molar-refractivity contribution in [1.29, 1.82) is 0 Å². The maximum absolute atomic E-state index is 11.5. The van der Waals surface area contributed by atoms with E-state index in [0.29, 0.717) is 32.3 Å². The van der Waals surface area contributed by atoms with Crippen LogP contribution in [0.25, 0.3) is 0 Å².